The zero-order valence-corrected chi connectivity index (χ0v) is 15.2. The van der Waals surface area contributed by atoms with Crippen LogP contribution in [0.2, 0.25) is 0 Å². The highest BCUT2D eigenvalue weighted by Crippen LogP contribution is 2.34. The molecular weight excluding hydrogens is 360 g/mol. The largest absolute Gasteiger partial charge is 0.478 e. The number of carboxylic acids is 1. The number of nitrogens with zero attached hydrogens (tertiary/aromatic N) is 2. The first-order valence-corrected chi connectivity index (χ1v) is 8.70. The van der Waals surface area contributed by atoms with Crippen LogP contribution in [-0.4, -0.2) is 26.9 Å². The third kappa shape index (κ3) is 3.42. The molecule has 7 heteroatoms. The molecule has 0 aliphatic rings. The maximum Gasteiger partial charge on any atom is 0.338 e. The van der Waals surface area contributed by atoms with Crippen molar-refractivity contribution in [3.05, 3.63) is 87.1 Å². The van der Waals surface area contributed by atoms with E-state index in [1.807, 2.05) is 30.3 Å². The summed E-state index contributed by atoms with van der Waals surface area (Å²) in [7, 11) is 0. The van der Waals surface area contributed by atoms with Gasteiger partial charge in [-0.2, -0.15) is 0 Å². The Bertz CT molecular complexity index is 1050. The first-order valence-electron chi connectivity index (χ1n) is 8.70. The number of aromatic nitrogens is 1. The number of carboxylic acid groups (broad SMARTS) is 1. The number of benzene rings is 2. The molecule has 0 radical (unpaired) electrons. The van der Waals surface area contributed by atoms with Gasteiger partial charge in [-0.1, -0.05) is 49.4 Å². The molecule has 1 heterocycles. The standard InChI is InChI=1S/C21H18N2O5/c1-2-17-19(21(25)26)18(13-24)22(12-14-7-4-3-5-8-14)20(17)15-9-6-10-16(11-15)23(27)28/h3-11,13H,2,12H2,1H3,(H,25,26). The molecule has 0 atom stereocenters. The summed E-state index contributed by atoms with van der Waals surface area (Å²) in [5, 5.41) is 20.9. The minimum absolute atomic E-state index is 0.0507. The SMILES string of the molecule is CCc1c(C(=O)O)c(C=O)n(Cc2ccccc2)c1-c1cccc([N+](=O)[O-])c1. The van der Waals surface area contributed by atoms with Crippen molar-refractivity contribution in [3.63, 3.8) is 0 Å². The van der Waals surface area contributed by atoms with Crippen LogP contribution in [0, 0.1) is 10.1 Å². The number of non-ortho nitro benzene ring substituents is 1. The molecule has 0 aliphatic heterocycles. The van der Waals surface area contributed by atoms with Crippen molar-refractivity contribution in [1.82, 2.24) is 4.57 Å². The quantitative estimate of drug-likeness (QED) is 0.377. The van der Waals surface area contributed by atoms with Gasteiger partial charge in [0.25, 0.3) is 5.69 Å². The zero-order chi connectivity index (χ0) is 20.3. The molecule has 0 amide bonds. The summed E-state index contributed by atoms with van der Waals surface area (Å²) in [5.74, 6) is -1.20. The van der Waals surface area contributed by atoms with Crippen LogP contribution in [0.5, 0.6) is 0 Å². The second-order valence-electron chi connectivity index (χ2n) is 6.24. The Kier molecular flexibility index (Phi) is 5.35. The van der Waals surface area contributed by atoms with Gasteiger partial charge in [0.1, 0.15) is 0 Å². The van der Waals surface area contributed by atoms with Crippen molar-refractivity contribution in [2.24, 2.45) is 0 Å². The molecule has 0 bridgehead atoms. The number of hydrogen-bond donors (Lipinski definition) is 1. The molecule has 3 rings (SSSR count). The Morgan fingerprint density at radius 1 is 1.18 bits per heavy atom. The topological polar surface area (TPSA) is 102 Å². The van der Waals surface area contributed by atoms with E-state index in [-0.39, 0.29) is 23.5 Å². The molecule has 1 N–H and O–H groups in total. The lowest BCUT2D eigenvalue weighted by Gasteiger charge is -2.13. The predicted octanol–water partition coefficient (Wildman–Crippen LogP) is 4.18. The third-order valence-corrected chi connectivity index (χ3v) is 4.60. The van der Waals surface area contributed by atoms with E-state index in [4.69, 9.17) is 0 Å². The zero-order valence-electron chi connectivity index (χ0n) is 15.2. The summed E-state index contributed by atoms with van der Waals surface area (Å²) >= 11 is 0. The van der Waals surface area contributed by atoms with E-state index in [1.165, 1.54) is 12.1 Å². The normalized spacial score (nSPS) is 10.6. The second-order valence-corrected chi connectivity index (χ2v) is 6.24. The fourth-order valence-electron chi connectivity index (χ4n) is 3.42. The summed E-state index contributed by atoms with van der Waals surface area (Å²) < 4.78 is 1.63. The molecule has 0 spiro atoms. The van der Waals surface area contributed by atoms with Gasteiger partial charge >= 0.3 is 5.97 Å². The van der Waals surface area contributed by atoms with Crippen LogP contribution in [0.15, 0.2) is 54.6 Å². The Hall–Kier alpha value is -3.74. The smallest absolute Gasteiger partial charge is 0.338 e. The molecule has 0 unspecified atom stereocenters. The molecule has 0 fully saturated rings. The molecule has 0 aliphatic carbocycles. The first-order chi connectivity index (χ1) is 13.5. The van der Waals surface area contributed by atoms with Gasteiger partial charge in [-0.3, -0.25) is 14.9 Å². The highest BCUT2D eigenvalue weighted by molar-refractivity contribution is 6.00. The Balaban J connectivity index is 2.33. The molecule has 3 aromatic rings. The van der Waals surface area contributed by atoms with Gasteiger partial charge in [0.2, 0.25) is 0 Å². The maximum absolute atomic E-state index is 11.9. The van der Waals surface area contributed by atoms with Gasteiger partial charge in [0.15, 0.2) is 6.29 Å². The number of aromatic carboxylic acids is 1. The molecule has 7 nitrogen and oxygen atoms in total. The summed E-state index contributed by atoms with van der Waals surface area (Å²) in [4.78, 5) is 34.4. The number of carbonyl (C=O) groups excluding carboxylic acids is 1. The van der Waals surface area contributed by atoms with Gasteiger partial charge in [-0.25, -0.2) is 4.79 Å². The van der Waals surface area contributed by atoms with Gasteiger partial charge in [0.05, 0.1) is 21.9 Å². The number of carbonyl (C=O) groups is 2. The summed E-state index contributed by atoms with van der Waals surface area (Å²) in [6, 6.07) is 15.3. The molecule has 0 saturated carbocycles. The average Bonchev–Trinajstić information content (AvgIpc) is 3.02. The monoisotopic (exact) mass is 378 g/mol. The minimum Gasteiger partial charge on any atom is -0.478 e. The van der Waals surface area contributed by atoms with Crippen LogP contribution in [0.3, 0.4) is 0 Å². The molecule has 1 aromatic heterocycles. The van der Waals surface area contributed by atoms with Crippen molar-refractivity contribution in [1.29, 1.82) is 0 Å². The first kappa shape index (κ1) is 19.0. The van der Waals surface area contributed by atoms with Crippen molar-refractivity contribution in [2.45, 2.75) is 19.9 Å². The van der Waals surface area contributed by atoms with E-state index in [0.717, 1.165) is 5.56 Å². The number of rotatable bonds is 7. The number of hydrogen-bond acceptors (Lipinski definition) is 4. The third-order valence-electron chi connectivity index (χ3n) is 4.60. The van der Waals surface area contributed by atoms with E-state index >= 15 is 0 Å². The van der Waals surface area contributed by atoms with Gasteiger partial charge in [-0.15, -0.1) is 0 Å². The van der Waals surface area contributed by atoms with E-state index in [0.29, 0.717) is 29.5 Å². The van der Waals surface area contributed by atoms with Gasteiger partial charge in [0, 0.05) is 24.2 Å². The number of aldehydes is 1. The molecular formula is C21H18N2O5. The van der Waals surface area contributed by atoms with Crippen LogP contribution in [0.1, 0.15) is 38.9 Å². The highest BCUT2D eigenvalue weighted by Gasteiger charge is 2.27. The Labute approximate surface area is 161 Å². The predicted molar refractivity (Wildman–Crippen MR) is 104 cm³/mol. The van der Waals surface area contributed by atoms with Crippen molar-refractivity contribution in [2.75, 3.05) is 0 Å². The van der Waals surface area contributed by atoms with Crippen LogP contribution in [0.4, 0.5) is 5.69 Å². The molecule has 28 heavy (non-hydrogen) atoms. The number of nitro groups is 1. The summed E-state index contributed by atoms with van der Waals surface area (Å²) in [6.07, 6.45) is 0.898. The lowest BCUT2D eigenvalue weighted by atomic mass is 10.0. The maximum atomic E-state index is 11.9. The Morgan fingerprint density at radius 3 is 2.46 bits per heavy atom. The van der Waals surface area contributed by atoms with Crippen LogP contribution in [-0.2, 0) is 13.0 Å². The van der Waals surface area contributed by atoms with Crippen LogP contribution < -0.4 is 0 Å². The Morgan fingerprint density at radius 2 is 1.89 bits per heavy atom. The van der Waals surface area contributed by atoms with E-state index < -0.39 is 10.9 Å². The van der Waals surface area contributed by atoms with E-state index in [1.54, 1.807) is 23.6 Å². The summed E-state index contributed by atoms with van der Waals surface area (Å²) in [6.45, 7) is 2.07. The molecule has 142 valence electrons. The second kappa shape index (κ2) is 7.87. The average molecular weight is 378 g/mol. The van der Waals surface area contributed by atoms with Crippen molar-refractivity contribution < 1.29 is 19.6 Å². The fourth-order valence-corrected chi connectivity index (χ4v) is 3.42. The lowest BCUT2D eigenvalue weighted by molar-refractivity contribution is -0.384. The van der Waals surface area contributed by atoms with Gasteiger partial charge in [-0.05, 0) is 17.5 Å². The van der Waals surface area contributed by atoms with E-state index in [2.05, 4.69) is 0 Å². The van der Waals surface area contributed by atoms with Crippen molar-refractivity contribution >= 4 is 17.9 Å². The summed E-state index contributed by atoms with van der Waals surface area (Å²) in [5.41, 5.74) is 2.26. The highest BCUT2D eigenvalue weighted by atomic mass is 16.6. The van der Waals surface area contributed by atoms with Crippen LogP contribution in [0.25, 0.3) is 11.3 Å². The molecule has 2 aromatic carbocycles. The minimum atomic E-state index is -1.20. The van der Waals surface area contributed by atoms with Gasteiger partial charge < -0.3 is 9.67 Å². The molecule has 0 saturated heterocycles. The van der Waals surface area contributed by atoms with E-state index in [9.17, 15) is 24.8 Å². The number of nitro benzene ring substituents is 1. The lowest BCUT2D eigenvalue weighted by Crippen LogP contribution is -2.08. The fraction of sp³-hybridized carbons (Fsp3) is 0.143. The van der Waals surface area contributed by atoms with Crippen molar-refractivity contribution in [3.8, 4) is 11.3 Å². The van der Waals surface area contributed by atoms with Crippen LogP contribution >= 0.6 is 0 Å².